The van der Waals surface area contributed by atoms with E-state index in [-0.39, 0.29) is 0 Å². The van der Waals surface area contributed by atoms with Crippen LogP contribution in [0, 0.1) is 0 Å². The highest BCUT2D eigenvalue weighted by atomic mass is 33.1. The van der Waals surface area contributed by atoms with Crippen molar-refractivity contribution >= 4 is 27.9 Å². The first-order valence-corrected chi connectivity index (χ1v) is 6.19. The van der Waals surface area contributed by atoms with Crippen molar-refractivity contribution in [3.63, 3.8) is 0 Å². The predicted molar refractivity (Wildman–Crippen MR) is 55.0 cm³/mol. The molecule has 0 spiro atoms. The summed E-state index contributed by atoms with van der Waals surface area (Å²) in [5, 5.41) is 0. The zero-order chi connectivity index (χ0) is 8.36. The molecule has 0 rings (SSSR count). The maximum absolute atomic E-state index is 9.91. The normalized spacial score (nSPS) is 10.6. The molecule has 0 bridgehead atoms. The van der Waals surface area contributed by atoms with Gasteiger partial charge in [0.25, 0.3) is 0 Å². The van der Waals surface area contributed by atoms with E-state index in [1.165, 1.54) is 0 Å². The van der Waals surface area contributed by atoms with E-state index in [4.69, 9.17) is 0 Å². The molecule has 0 aliphatic heterocycles. The summed E-state index contributed by atoms with van der Waals surface area (Å²) in [6.45, 7) is 2.03. The molecule has 0 N–H and O–H groups in total. The molecule has 0 aliphatic carbocycles. The van der Waals surface area contributed by atoms with Gasteiger partial charge in [0.15, 0.2) is 0 Å². The molecule has 0 amide bonds. The Labute approximate surface area is 76.4 Å². The van der Waals surface area contributed by atoms with Crippen LogP contribution < -0.4 is 0 Å². The molecule has 3 heteroatoms. The van der Waals surface area contributed by atoms with E-state index in [1.807, 2.05) is 28.5 Å². The number of carbonyl (C=O) groups excluding carboxylic acids is 1. The standard InChI is InChI=1S/C8H14OS2/c1-2-3-7-10-11-8-5-4-6-9/h2-3,6H,4-5,7-8H2,1H3/b3-2-. The topological polar surface area (TPSA) is 17.1 Å². The molecular formula is C8H14OS2. The first kappa shape index (κ1) is 11.1. The van der Waals surface area contributed by atoms with Gasteiger partial charge < -0.3 is 4.79 Å². The number of hydrogen-bond acceptors (Lipinski definition) is 3. The molecule has 0 aromatic carbocycles. The lowest BCUT2D eigenvalue weighted by atomic mass is 10.4. The van der Waals surface area contributed by atoms with E-state index < -0.39 is 0 Å². The largest absolute Gasteiger partial charge is 0.303 e. The van der Waals surface area contributed by atoms with Gasteiger partial charge >= 0.3 is 0 Å². The predicted octanol–water partition coefficient (Wildman–Crippen LogP) is 2.92. The zero-order valence-corrected chi connectivity index (χ0v) is 8.42. The average Bonchev–Trinajstić information content (AvgIpc) is 2.03. The van der Waals surface area contributed by atoms with Crippen LogP contribution in [0.3, 0.4) is 0 Å². The minimum atomic E-state index is 0.706. The average molecular weight is 190 g/mol. The maximum Gasteiger partial charge on any atom is 0.120 e. The summed E-state index contributed by atoms with van der Waals surface area (Å²) in [7, 11) is 3.68. The van der Waals surface area contributed by atoms with E-state index >= 15 is 0 Å². The third-order valence-electron chi connectivity index (χ3n) is 1.03. The van der Waals surface area contributed by atoms with Crippen LogP contribution in [0.4, 0.5) is 0 Å². The van der Waals surface area contributed by atoms with Crippen LogP contribution in [0.5, 0.6) is 0 Å². The summed E-state index contributed by atoms with van der Waals surface area (Å²) in [5.41, 5.74) is 0. The molecule has 0 aromatic rings. The van der Waals surface area contributed by atoms with Crippen LogP contribution in [0.15, 0.2) is 12.2 Å². The van der Waals surface area contributed by atoms with Gasteiger partial charge in [-0.1, -0.05) is 33.7 Å². The van der Waals surface area contributed by atoms with Gasteiger partial charge in [-0.2, -0.15) is 0 Å². The number of allylic oxidation sites excluding steroid dienone is 1. The smallest absolute Gasteiger partial charge is 0.120 e. The lowest BCUT2D eigenvalue weighted by Crippen LogP contribution is -1.78. The van der Waals surface area contributed by atoms with Gasteiger partial charge in [0.2, 0.25) is 0 Å². The fourth-order valence-electron chi connectivity index (χ4n) is 0.468. The number of aldehydes is 1. The second-order valence-corrected chi connectivity index (χ2v) is 4.61. The Morgan fingerprint density at radius 2 is 2.18 bits per heavy atom. The van der Waals surface area contributed by atoms with E-state index in [2.05, 4.69) is 12.2 Å². The van der Waals surface area contributed by atoms with Gasteiger partial charge in [-0.05, 0) is 13.3 Å². The molecule has 11 heavy (non-hydrogen) atoms. The van der Waals surface area contributed by atoms with Crippen molar-refractivity contribution in [2.24, 2.45) is 0 Å². The summed E-state index contributed by atoms with van der Waals surface area (Å²) in [4.78, 5) is 9.91. The Morgan fingerprint density at radius 1 is 1.36 bits per heavy atom. The lowest BCUT2D eigenvalue weighted by Gasteiger charge is -1.94. The van der Waals surface area contributed by atoms with Crippen molar-refractivity contribution in [2.75, 3.05) is 11.5 Å². The molecule has 1 nitrogen and oxygen atoms in total. The molecule has 0 atom stereocenters. The Kier molecular flexibility index (Phi) is 10.2. The summed E-state index contributed by atoms with van der Waals surface area (Å²) in [5.74, 6) is 2.16. The van der Waals surface area contributed by atoms with Crippen molar-refractivity contribution in [1.82, 2.24) is 0 Å². The Bertz CT molecular complexity index is 113. The second-order valence-electron chi connectivity index (χ2n) is 1.98. The Hall–Kier alpha value is 0.110. The molecule has 0 radical (unpaired) electrons. The maximum atomic E-state index is 9.91. The molecule has 0 unspecified atom stereocenters. The highest BCUT2D eigenvalue weighted by Gasteiger charge is 1.87. The van der Waals surface area contributed by atoms with Crippen molar-refractivity contribution in [2.45, 2.75) is 19.8 Å². The van der Waals surface area contributed by atoms with Gasteiger partial charge in [-0.15, -0.1) is 0 Å². The number of unbranched alkanes of at least 4 members (excludes halogenated alkanes) is 1. The third-order valence-corrected chi connectivity index (χ3v) is 3.39. The van der Waals surface area contributed by atoms with E-state index in [9.17, 15) is 4.79 Å². The van der Waals surface area contributed by atoms with Gasteiger partial charge in [-0.3, -0.25) is 0 Å². The van der Waals surface area contributed by atoms with E-state index in [0.29, 0.717) is 6.42 Å². The van der Waals surface area contributed by atoms with Crippen molar-refractivity contribution in [1.29, 1.82) is 0 Å². The van der Waals surface area contributed by atoms with Crippen LogP contribution in [-0.2, 0) is 4.79 Å². The Balaban J connectivity index is 2.84. The molecule has 64 valence electrons. The molecule has 0 saturated heterocycles. The quantitative estimate of drug-likeness (QED) is 0.266. The summed E-state index contributed by atoms with van der Waals surface area (Å²) in [6, 6.07) is 0. The molecular weight excluding hydrogens is 176 g/mol. The van der Waals surface area contributed by atoms with Crippen LogP contribution in [0.2, 0.25) is 0 Å². The van der Waals surface area contributed by atoms with E-state index in [0.717, 1.165) is 24.2 Å². The van der Waals surface area contributed by atoms with Crippen molar-refractivity contribution in [3.05, 3.63) is 12.2 Å². The van der Waals surface area contributed by atoms with Crippen molar-refractivity contribution in [3.8, 4) is 0 Å². The number of hydrogen-bond donors (Lipinski definition) is 0. The second kappa shape index (κ2) is 10.1. The van der Waals surface area contributed by atoms with Gasteiger partial charge in [0.1, 0.15) is 6.29 Å². The fourth-order valence-corrected chi connectivity index (χ4v) is 2.47. The fraction of sp³-hybridized carbons (Fsp3) is 0.625. The van der Waals surface area contributed by atoms with Crippen LogP contribution in [-0.4, -0.2) is 17.8 Å². The number of rotatable bonds is 7. The first-order valence-electron chi connectivity index (χ1n) is 3.71. The van der Waals surface area contributed by atoms with Crippen molar-refractivity contribution < 1.29 is 4.79 Å². The lowest BCUT2D eigenvalue weighted by molar-refractivity contribution is -0.107. The van der Waals surface area contributed by atoms with Crippen LogP contribution in [0.1, 0.15) is 19.8 Å². The molecule has 0 heterocycles. The minimum absolute atomic E-state index is 0.706. The molecule has 0 saturated carbocycles. The van der Waals surface area contributed by atoms with E-state index in [1.54, 1.807) is 0 Å². The van der Waals surface area contributed by atoms with Crippen LogP contribution in [0.25, 0.3) is 0 Å². The number of carbonyl (C=O) groups is 1. The molecule has 0 aliphatic rings. The Morgan fingerprint density at radius 3 is 2.82 bits per heavy atom. The molecule has 0 aromatic heterocycles. The van der Waals surface area contributed by atoms with Crippen LogP contribution >= 0.6 is 21.6 Å². The molecule has 0 fully saturated rings. The minimum Gasteiger partial charge on any atom is -0.303 e. The summed E-state index contributed by atoms with van der Waals surface area (Å²) < 4.78 is 0. The summed E-state index contributed by atoms with van der Waals surface area (Å²) in [6.07, 6.45) is 6.89. The zero-order valence-electron chi connectivity index (χ0n) is 6.79. The summed E-state index contributed by atoms with van der Waals surface area (Å²) >= 11 is 0. The SMILES string of the molecule is C/C=C\CSSCCCC=O. The first-order chi connectivity index (χ1) is 5.41. The van der Waals surface area contributed by atoms with Gasteiger partial charge in [-0.25, -0.2) is 0 Å². The highest BCUT2D eigenvalue weighted by molar-refractivity contribution is 8.76. The third kappa shape index (κ3) is 10.1. The monoisotopic (exact) mass is 190 g/mol. The highest BCUT2D eigenvalue weighted by Crippen LogP contribution is 2.21. The van der Waals surface area contributed by atoms with Gasteiger partial charge in [0, 0.05) is 17.9 Å². The van der Waals surface area contributed by atoms with Gasteiger partial charge in [0.05, 0.1) is 0 Å².